The molecule has 0 spiro atoms. The number of anilines is 2. The van der Waals surface area contributed by atoms with Crippen molar-refractivity contribution in [2.24, 2.45) is 11.3 Å². The molecule has 1 aliphatic heterocycles. The molecular weight excluding hydrogens is 488 g/mol. The standard InChI is InChI=1S/C33H26N2O4/c1-33-28-23-14-5-3-12-21(23)27(22-13-4-6-15-24(22)28)29(33)31(37)35(32(33)38)26-17-8-7-16-25(26)30(36)34-19-10-9-11-20(18-19)39-2/h3-18,27-29H,1-2H3,(H,34,36)/t27?,28?,29-,33+/m1/s1. The number of ether oxygens (including phenoxy) is 1. The van der Waals surface area contributed by atoms with E-state index in [1.807, 2.05) is 31.2 Å². The van der Waals surface area contributed by atoms with Gasteiger partial charge in [0.15, 0.2) is 0 Å². The highest BCUT2D eigenvalue weighted by Gasteiger charge is 2.69. The van der Waals surface area contributed by atoms with E-state index in [9.17, 15) is 14.4 Å². The Balaban J connectivity index is 1.33. The molecule has 0 unspecified atom stereocenters. The Kier molecular flexibility index (Phi) is 5.04. The lowest BCUT2D eigenvalue weighted by Gasteiger charge is -2.51. The van der Waals surface area contributed by atoms with Crippen molar-refractivity contribution >= 4 is 29.1 Å². The number of nitrogens with zero attached hydrogens (tertiary/aromatic N) is 1. The number of carbonyl (C=O) groups excluding carboxylic acids is 3. The maximum atomic E-state index is 14.5. The van der Waals surface area contributed by atoms with E-state index in [1.165, 1.54) is 4.90 Å². The minimum Gasteiger partial charge on any atom is -0.497 e. The van der Waals surface area contributed by atoms with Crippen molar-refractivity contribution in [1.29, 1.82) is 0 Å². The van der Waals surface area contributed by atoms with Gasteiger partial charge >= 0.3 is 0 Å². The van der Waals surface area contributed by atoms with Crippen LogP contribution in [-0.2, 0) is 9.59 Å². The molecule has 4 aliphatic rings. The lowest BCUT2D eigenvalue weighted by molar-refractivity contribution is -0.128. The van der Waals surface area contributed by atoms with Crippen LogP contribution in [0.4, 0.5) is 11.4 Å². The number of amides is 3. The summed E-state index contributed by atoms with van der Waals surface area (Å²) in [6.07, 6.45) is 0. The van der Waals surface area contributed by atoms with Gasteiger partial charge in [0.2, 0.25) is 11.8 Å². The van der Waals surface area contributed by atoms with E-state index in [1.54, 1.807) is 55.6 Å². The number of hydrogen-bond donors (Lipinski definition) is 1. The van der Waals surface area contributed by atoms with Crippen LogP contribution in [0.3, 0.4) is 0 Å². The van der Waals surface area contributed by atoms with Gasteiger partial charge in [-0.3, -0.25) is 14.4 Å². The second kappa shape index (κ2) is 8.40. The zero-order valence-corrected chi connectivity index (χ0v) is 21.5. The summed E-state index contributed by atoms with van der Waals surface area (Å²) in [4.78, 5) is 43.6. The quantitative estimate of drug-likeness (QED) is 0.353. The highest BCUT2D eigenvalue weighted by atomic mass is 16.5. The molecule has 1 N–H and O–H groups in total. The topological polar surface area (TPSA) is 75.7 Å². The third-order valence-electron chi connectivity index (χ3n) is 8.73. The molecule has 2 bridgehead atoms. The molecule has 0 radical (unpaired) electrons. The number of nitrogens with one attached hydrogen (secondary N) is 1. The smallest absolute Gasteiger partial charge is 0.257 e. The second-order valence-corrected chi connectivity index (χ2v) is 10.6. The van der Waals surface area contributed by atoms with Gasteiger partial charge < -0.3 is 10.1 Å². The fraction of sp³-hybridized carbons (Fsp3) is 0.182. The van der Waals surface area contributed by atoms with Crippen LogP contribution in [0.15, 0.2) is 97.1 Å². The average Bonchev–Trinajstić information content (AvgIpc) is 3.18. The summed E-state index contributed by atoms with van der Waals surface area (Å²) in [6.45, 7) is 1.93. The van der Waals surface area contributed by atoms with Gasteiger partial charge in [-0.15, -0.1) is 0 Å². The van der Waals surface area contributed by atoms with Gasteiger partial charge in [-0.05, 0) is 53.4 Å². The monoisotopic (exact) mass is 514 g/mol. The molecule has 4 aromatic carbocycles. The van der Waals surface area contributed by atoms with Gasteiger partial charge in [-0.1, -0.05) is 66.7 Å². The Morgan fingerprint density at radius 2 is 1.44 bits per heavy atom. The molecule has 6 heteroatoms. The van der Waals surface area contributed by atoms with Gasteiger partial charge in [0.05, 0.1) is 29.7 Å². The zero-order valence-electron chi connectivity index (χ0n) is 21.5. The molecule has 1 heterocycles. The Morgan fingerprint density at radius 3 is 2.10 bits per heavy atom. The van der Waals surface area contributed by atoms with Crippen molar-refractivity contribution in [3.63, 3.8) is 0 Å². The number of benzene rings is 4. The van der Waals surface area contributed by atoms with Crippen molar-refractivity contribution < 1.29 is 19.1 Å². The van der Waals surface area contributed by atoms with E-state index in [-0.39, 0.29) is 29.2 Å². The molecule has 39 heavy (non-hydrogen) atoms. The Hall–Kier alpha value is -4.71. The lowest BCUT2D eigenvalue weighted by Crippen LogP contribution is -2.49. The molecule has 3 aliphatic carbocycles. The first-order chi connectivity index (χ1) is 18.9. The molecule has 1 fully saturated rings. The predicted molar refractivity (Wildman–Crippen MR) is 148 cm³/mol. The van der Waals surface area contributed by atoms with Gasteiger partial charge in [0, 0.05) is 23.6 Å². The van der Waals surface area contributed by atoms with Crippen LogP contribution in [0.25, 0.3) is 0 Å². The summed E-state index contributed by atoms with van der Waals surface area (Å²) >= 11 is 0. The van der Waals surface area contributed by atoms with Crippen molar-refractivity contribution in [1.82, 2.24) is 0 Å². The molecular formula is C33H26N2O4. The Bertz CT molecular complexity index is 1650. The van der Waals surface area contributed by atoms with Crippen molar-refractivity contribution in [3.8, 4) is 5.75 Å². The molecule has 6 nitrogen and oxygen atoms in total. The summed E-state index contributed by atoms with van der Waals surface area (Å²) in [5.74, 6) is -1.37. The van der Waals surface area contributed by atoms with Crippen LogP contribution in [0, 0.1) is 11.3 Å². The Labute approximate surface area is 226 Å². The first-order valence-corrected chi connectivity index (χ1v) is 13.1. The molecule has 2 atom stereocenters. The SMILES string of the molecule is COc1cccc(NC(=O)c2ccccc2N2C(=O)[C@H]3C4c5ccccc5C(c5ccccc54)[C@]3(C)C2=O)c1. The third-order valence-corrected chi connectivity index (χ3v) is 8.73. The molecule has 0 saturated carbocycles. The minimum atomic E-state index is -0.971. The van der Waals surface area contributed by atoms with E-state index >= 15 is 0 Å². The highest BCUT2D eigenvalue weighted by Crippen LogP contribution is 2.67. The number of carbonyl (C=O) groups is 3. The predicted octanol–water partition coefficient (Wildman–Crippen LogP) is 5.73. The average molecular weight is 515 g/mol. The minimum absolute atomic E-state index is 0.230. The molecule has 192 valence electrons. The molecule has 3 amide bonds. The summed E-state index contributed by atoms with van der Waals surface area (Å²) in [6, 6.07) is 30.2. The van der Waals surface area contributed by atoms with Crippen LogP contribution in [0.5, 0.6) is 5.75 Å². The normalized spacial score (nSPS) is 24.2. The van der Waals surface area contributed by atoms with E-state index < -0.39 is 17.2 Å². The van der Waals surface area contributed by atoms with Crippen molar-refractivity contribution in [2.75, 3.05) is 17.3 Å². The summed E-state index contributed by atoms with van der Waals surface area (Å²) < 4.78 is 5.27. The first kappa shape index (κ1) is 23.4. The van der Waals surface area contributed by atoms with E-state index in [0.717, 1.165) is 22.3 Å². The van der Waals surface area contributed by atoms with Crippen LogP contribution in [-0.4, -0.2) is 24.8 Å². The summed E-state index contributed by atoms with van der Waals surface area (Å²) in [7, 11) is 1.56. The number of rotatable bonds is 4. The van der Waals surface area contributed by atoms with Gasteiger partial charge in [-0.25, -0.2) is 4.90 Å². The fourth-order valence-corrected chi connectivity index (χ4v) is 7.10. The maximum absolute atomic E-state index is 14.5. The first-order valence-electron chi connectivity index (χ1n) is 13.1. The Morgan fingerprint density at radius 1 is 0.821 bits per heavy atom. The number of para-hydroxylation sites is 1. The highest BCUT2D eigenvalue weighted by molar-refractivity contribution is 6.27. The van der Waals surface area contributed by atoms with E-state index in [4.69, 9.17) is 4.74 Å². The number of imide groups is 1. The van der Waals surface area contributed by atoms with Crippen LogP contribution >= 0.6 is 0 Å². The van der Waals surface area contributed by atoms with Gasteiger partial charge in [0.25, 0.3) is 5.91 Å². The second-order valence-electron chi connectivity index (χ2n) is 10.6. The number of hydrogen-bond acceptors (Lipinski definition) is 4. The van der Waals surface area contributed by atoms with Crippen molar-refractivity contribution in [3.05, 3.63) is 125 Å². The number of methoxy groups -OCH3 is 1. The summed E-state index contributed by atoms with van der Waals surface area (Å²) in [5, 5.41) is 2.89. The molecule has 4 aromatic rings. The third kappa shape index (κ3) is 3.12. The lowest BCUT2D eigenvalue weighted by atomic mass is 9.48. The van der Waals surface area contributed by atoms with Crippen molar-refractivity contribution in [2.45, 2.75) is 18.8 Å². The molecule has 0 aromatic heterocycles. The summed E-state index contributed by atoms with van der Waals surface area (Å²) in [5.41, 5.74) is 4.56. The van der Waals surface area contributed by atoms with Crippen LogP contribution < -0.4 is 15.0 Å². The maximum Gasteiger partial charge on any atom is 0.257 e. The van der Waals surface area contributed by atoms with Crippen LogP contribution in [0.2, 0.25) is 0 Å². The van der Waals surface area contributed by atoms with Gasteiger partial charge in [0.1, 0.15) is 5.75 Å². The van der Waals surface area contributed by atoms with Crippen LogP contribution in [0.1, 0.15) is 51.4 Å². The molecule has 8 rings (SSSR count). The molecule has 1 saturated heterocycles. The largest absolute Gasteiger partial charge is 0.497 e. The van der Waals surface area contributed by atoms with Gasteiger partial charge in [-0.2, -0.15) is 0 Å². The fourth-order valence-electron chi connectivity index (χ4n) is 7.10. The zero-order chi connectivity index (χ0) is 26.9. The van der Waals surface area contributed by atoms with E-state index in [2.05, 4.69) is 29.6 Å². The van der Waals surface area contributed by atoms with E-state index in [0.29, 0.717) is 17.1 Å².